The molecule has 3 rings (SSSR count). The van der Waals surface area contributed by atoms with Gasteiger partial charge in [0.15, 0.2) is 12.4 Å². The second-order valence-corrected chi connectivity index (χ2v) is 5.48. The predicted molar refractivity (Wildman–Crippen MR) is 96.2 cm³/mol. The van der Waals surface area contributed by atoms with Gasteiger partial charge in [0.1, 0.15) is 5.69 Å². The molecule has 2 N–H and O–H groups in total. The van der Waals surface area contributed by atoms with E-state index in [0.717, 1.165) is 0 Å². The van der Waals surface area contributed by atoms with Crippen molar-refractivity contribution in [1.29, 1.82) is 0 Å². The second kappa shape index (κ2) is 7.94. The molecule has 0 atom stereocenters. The van der Waals surface area contributed by atoms with E-state index in [0.29, 0.717) is 16.8 Å². The van der Waals surface area contributed by atoms with E-state index < -0.39 is 5.97 Å². The van der Waals surface area contributed by atoms with Gasteiger partial charge in [-0.25, -0.2) is 4.79 Å². The van der Waals surface area contributed by atoms with Crippen molar-refractivity contribution < 1.29 is 19.1 Å². The minimum absolute atomic E-state index is 0.232. The summed E-state index contributed by atoms with van der Waals surface area (Å²) in [6, 6.07) is 18.5. The quantitative estimate of drug-likeness (QED) is 0.528. The highest BCUT2D eigenvalue weighted by Gasteiger charge is 2.12. The number of hydrogen-bond acceptors (Lipinski definition) is 4. The van der Waals surface area contributed by atoms with Gasteiger partial charge in [-0.2, -0.15) is 0 Å². The number of anilines is 1. The first-order chi connectivity index (χ1) is 12.6. The zero-order chi connectivity index (χ0) is 18.4. The van der Waals surface area contributed by atoms with E-state index in [9.17, 15) is 14.4 Å². The fourth-order valence-corrected chi connectivity index (χ4v) is 2.28. The minimum atomic E-state index is -0.588. The number of carbonyl (C=O) groups excluding carboxylic acids is 3. The average molecular weight is 348 g/mol. The van der Waals surface area contributed by atoms with E-state index >= 15 is 0 Å². The maximum Gasteiger partial charge on any atom is 0.355 e. The monoisotopic (exact) mass is 348 g/mol. The van der Waals surface area contributed by atoms with E-state index in [1.54, 1.807) is 66.9 Å². The third-order valence-electron chi connectivity index (χ3n) is 3.65. The first kappa shape index (κ1) is 17.2. The molecule has 0 aliphatic carbocycles. The fourth-order valence-electron chi connectivity index (χ4n) is 2.28. The Morgan fingerprint density at radius 1 is 0.846 bits per heavy atom. The zero-order valence-corrected chi connectivity index (χ0v) is 13.8. The van der Waals surface area contributed by atoms with Crippen LogP contribution < -0.4 is 5.32 Å². The van der Waals surface area contributed by atoms with Gasteiger partial charge >= 0.3 is 5.97 Å². The van der Waals surface area contributed by atoms with Crippen LogP contribution in [0.15, 0.2) is 72.9 Å². The topological polar surface area (TPSA) is 88.3 Å². The Morgan fingerprint density at radius 3 is 2.23 bits per heavy atom. The molecular formula is C20H16N2O4. The van der Waals surface area contributed by atoms with Gasteiger partial charge in [-0.05, 0) is 48.5 Å². The number of esters is 1. The number of ketones is 1. The third kappa shape index (κ3) is 4.24. The van der Waals surface area contributed by atoms with E-state index in [4.69, 9.17) is 4.74 Å². The summed E-state index contributed by atoms with van der Waals surface area (Å²) < 4.78 is 4.97. The largest absolute Gasteiger partial charge is 0.453 e. The van der Waals surface area contributed by atoms with Crippen molar-refractivity contribution in [2.24, 2.45) is 0 Å². The SMILES string of the molecule is O=C(COC(=O)c1ccc[nH]1)c1ccc(NC(=O)c2ccccc2)cc1. The number of ether oxygens (including phenoxy) is 1. The van der Waals surface area contributed by atoms with Crippen molar-refractivity contribution in [2.75, 3.05) is 11.9 Å². The van der Waals surface area contributed by atoms with Crippen LogP contribution in [0.3, 0.4) is 0 Å². The minimum Gasteiger partial charge on any atom is -0.453 e. The number of rotatable bonds is 6. The van der Waals surface area contributed by atoms with Crippen molar-refractivity contribution in [3.8, 4) is 0 Å². The van der Waals surface area contributed by atoms with E-state index in [2.05, 4.69) is 10.3 Å². The van der Waals surface area contributed by atoms with Crippen LogP contribution in [-0.2, 0) is 4.74 Å². The molecule has 130 valence electrons. The zero-order valence-electron chi connectivity index (χ0n) is 13.8. The van der Waals surface area contributed by atoms with Gasteiger partial charge in [0.2, 0.25) is 0 Å². The summed E-state index contributed by atoms with van der Waals surface area (Å²) in [5, 5.41) is 2.75. The Kier molecular flexibility index (Phi) is 5.24. The standard InChI is InChI=1S/C20H16N2O4/c23-18(13-26-20(25)17-7-4-12-21-17)14-8-10-16(11-9-14)22-19(24)15-5-2-1-3-6-15/h1-12,21H,13H2,(H,22,24). The first-order valence-electron chi connectivity index (χ1n) is 7.93. The van der Waals surface area contributed by atoms with Gasteiger partial charge in [-0.1, -0.05) is 18.2 Å². The molecule has 6 nitrogen and oxygen atoms in total. The molecule has 0 saturated carbocycles. The van der Waals surface area contributed by atoms with E-state index in [-0.39, 0.29) is 24.0 Å². The van der Waals surface area contributed by atoms with Crippen LogP contribution in [0.1, 0.15) is 31.2 Å². The molecule has 26 heavy (non-hydrogen) atoms. The number of aromatic amines is 1. The molecule has 0 unspecified atom stereocenters. The lowest BCUT2D eigenvalue weighted by atomic mass is 10.1. The summed E-state index contributed by atoms with van der Waals surface area (Å²) in [6.45, 7) is -0.354. The van der Waals surface area contributed by atoms with Crippen LogP contribution in [0.5, 0.6) is 0 Å². The number of H-pyrrole nitrogens is 1. The number of amides is 1. The Bertz CT molecular complexity index is 901. The van der Waals surface area contributed by atoms with Crippen LogP contribution in [-0.4, -0.2) is 29.3 Å². The predicted octanol–water partition coefficient (Wildman–Crippen LogP) is 3.31. The lowest BCUT2D eigenvalue weighted by molar-refractivity contribution is 0.0469. The van der Waals surface area contributed by atoms with Crippen molar-refractivity contribution >= 4 is 23.3 Å². The Labute approximate surface area is 149 Å². The summed E-state index contributed by atoms with van der Waals surface area (Å²) in [7, 11) is 0. The Balaban J connectivity index is 1.56. The highest BCUT2D eigenvalue weighted by atomic mass is 16.5. The maximum atomic E-state index is 12.1. The van der Waals surface area contributed by atoms with Crippen LogP contribution in [0, 0.1) is 0 Å². The average Bonchev–Trinajstić information content (AvgIpc) is 3.22. The molecule has 0 aliphatic rings. The smallest absolute Gasteiger partial charge is 0.355 e. The highest BCUT2D eigenvalue weighted by Crippen LogP contribution is 2.12. The van der Waals surface area contributed by atoms with E-state index in [1.807, 2.05) is 6.07 Å². The molecular weight excluding hydrogens is 332 g/mol. The molecule has 0 radical (unpaired) electrons. The first-order valence-corrected chi connectivity index (χ1v) is 7.93. The molecule has 0 spiro atoms. The summed E-state index contributed by atoms with van der Waals surface area (Å²) >= 11 is 0. The number of nitrogens with one attached hydrogen (secondary N) is 2. The summed E-state index contributed by atoms with van der Waals surface area (Å²) in [6.07, 6.45) is 1.60. The molecule has 1 heterocycles. The number of Topliss-reactive ketones (excluding diaryl/α,β-unsaturated/α-hetero) is 1. The number of aromatic nitrogens is 1. The molecule has 3 aromatic rings. The van der Waals surface area contributed by atoms with Crippen molar-refractivity contribution in [2.45, 2.75) is 0 Å². The number of carbonyl (C=O) groups is 3. The van der Waals surface area contributed by atoms with Crippen molar-refractivity contribution in [3.05, 3.63) is 89.7 Å². The molecule has 1 amide bonds. The van der Waals surface area contributed by atoms with Crippen molar-refractivity contribution in [1.82, 2.24) is 4.98 Å². The molecule has 1 aromatic heterocycles. The van der Waals surface area contributed by atoms with Gasteiger partial charge in [-0.15, -0.1) is 0 Å². The molecule has 0 aliphatic heterocycles. The lowest BCUT2D eigenvalue weighted by Crippen LogP contribution is -2.15. The van der Waals surface area contributed by atoms with Gasteiger partial charge in [0.05, 0.1) is 0 Å². The Morgan fingerprint density at radius 2 is 1.58 bits per heavy atom. The molecule has 0 bridgehead atoms. The van der Waals surface area contributed by atoms with Crippen LogP contribution >= 0.6 is 0 Å². The maximum absolute atomic E-state index is 12.1. The summed E-state index contributed by atoms with van der Waals surface area (Å²) in [4.78, 5) is 38.6. The van der Waals surface area contributed by atoms with Gasteiger partial charge in [0.25, 0.3) is 5.91 Å². The van der Waals surface area contributed by atoms with Crippen LogP contribution in [0.2, 0.25) is 0 Å². The van der Waals surface area contributed by atoms with Gasteiger partial charge in [0, 0.05) is 23.0 Å². The lowest BCUT2D eigenvalue weighted by Gasteiger charge is -2.07. The van der Waals surface area contributed by atoms with E-state index in [1.165, 1.54) is 0 Å². The molecule has 2 aromatic carbocycles. The number of benzene rings is 2. The van der Waals surface area contributed by atoms with Crippen molar-refractivity contribution in [3.63, 3.8) is 0 Å². The van der Waals surface area contributed by atoms with Crippen LogP contribution in [0.25, 0.3) is 0 Å². The van der Waals surface area contributed by atoms with Gasteiger partial charge < -0.3 is 15.0 Å². The molecule has 0 saturated heterocycles. The van der Waals surface area contributed by atoms with Crippen LogP contribution in [0.4, 0.5) is 5.69 Å². The van der Waals surface area contributed by atoms with Gasteiger partial charge in [-0.3, -0.25) is 9.59 Å². The third-order valence-corrected chi connectivity index (χ3v) is 3.65. The molecule has 6 heteroatoms. The molecule has 0 fully saturated rings. The number of hydrogen-bond donors (Lipinski definition) is 2. The normalized spacial score (nSPS) is 10.2. The highest BCUT2D eigenvalue weighted by molar-refractivity contribution is 6.04. The Hall–Kier alpha value is -3.67. The summed E-state index contributed by atoms with van der Waals surface area (Å²) in [5.74, 6) is -1.15. The second-order valence-electron chi connectivity index (χ2n) is 5.48. The summed E-state index contributed by atoms with van der Waals surface area (Å²) in [5.41, 5.74) is 1.79. The fraction of sp³-hybridized carbons (Fsp3) is 0.0500.